The van der Waals surface area contributed by atoms with Gasteiger partial charge < -0.3 is 10.3 Å². The third kappa shape index (κ3) is 1.81. The van der Waals surface area contributed by atoms with Gasteiger partial charge in [0, 0.05) is 12.1 Å². The molecule has 0 aliphatic carbocycles. The summed E-state index contributed by atoms with van der Waals surface area (Å²) in [6.45, 7) is 3.99. The molecule has 0 aliphatic heterocycles. The molecule has 0 atom stereocenters. The molecule has 0 saturated heterocycles. The topological polar surface area (TPSA) is 77.8 Å². The predicted octanol–water partition coefficient (Wildman–Crippen LogP) is 1.84. The Labute approximate surface area is 87.3 Å². The number of nitrogens with zero attached hydrogens (tertiary/aromatic N) is 3. The number of nitrogen functional groups attached to an aromatic ring is 1. The average Bonchev–Trinajstić information content (AvgIpc) is 2.67. The van der Waals surface area contributed by atoms with Crippen LogP contribution in [0.2, 0.25) is 0 Å². The first-order valence-corrected chi connectivity index (χ1v) is 4.73. The smallest absolute Gasteiger partial charge is 0.278 e. The van der Waals surface area contributed by atoms with Gasteiger partial charge in [-0.25, -0.2) is 4.98 Å². The van der Waals surface area contributed by atoms with E-state index in [1.165, 1.54) is 0 Å². The number of aromatic nitrogens is 3. The van der Waals surface area contributed by atoms with Gasteiger partial charge in [0.2, 0.25) is 0 Å². The van der Waals surface area contributed by atoms with E-state index in [2.05, 4.69) is 15.1 Å². The second-order valence-electron chi connectivity index (χ2n) is 3.55. The molecule has 2 aromatic rings. The van der Waals surface area contributed by atoms with Crippen molar-refractivity contribution in [2.75, 3.05) is 5.73 Å². The molecule has 0 radical (unpaired) electrons. The summed E-state index contributed by atoms with van der Waals surface area (Å²) in [7, 11) is 0. The van der Waals surface area contributed by atoms with Gasteiger partial charge in [-0.3, -0.25) is 0 Å². The minimum absolute atomic E-state index is 0.229. The molecule has 2 aromatic heterocycles. The highest BCUT2D eigenvalue weighted by atomic mass is 16.5. The van der Waals surface area contributed by atoms with Crippen LogP contribution in [0.5, 0.6) is 0 Å². The molecule has 5 nitrogen and oxygen atoms in total. The second kappa shape index (κ2) is 3.68. The zero-order chi connectivity index (χ0) is 10.8. The van der Waals surface area contributed by atoms with Crippen molar-refractivity contribution < 1.29 is 4.52 Å². The molecular weight excluding hydrogens is 192 g/mol. The first-order valence-electron chi connectivity index (χ1n) is 4.73. The number of hydrogen-bond acceptors (Lipinski definition) is 5. The zero-order valence-corrected chi connectivity index (χ0v) is 8.64. The maximum Gasteiger partial charge on any atom is 0.278 e. The van der Waals surface area contributed by atoms with Crippen molar-refractivity contribution in [2.24, 2.45) is 0 Å². The van der Waals surface area contributed by atoms with Gasteiger partial charge >= 0.3 is 0 Å². The van der Waals surface area contributed by atoms with Crippen molar-refractivity contribution in [3.05, 3.63) is 24.2 Å². The SMILES string of the molecule is CC(C)c1noc(-c2ncccc2N)n1. The van der Waals surface area contributed by atoms with Crippen molar-refractivity contribution in [1.29, 1.82) is 0 Å². The van der Waals surface area contributed by atoms with Gasteiger partial charge in [0.05, 0.1) is 5.69 Å². The Kier molecular flexibility index (Phi) is 2.37. The summed E-state index contributed by atoms with van der Waals surface area (Å²) in [5.41, 5.74) is 6.82. The predicted molar refractivity (Wildman–Crippen MR) is 56.0 cm³/mol. The lowest BCUT2D eigenvalue weighted by atomic mass is 10.2. The van der Waals surface area contributed by atoms with E-state index in [-0.39, 0.29) is 5.92 Å². The van der Waals surface area contributed by atoms with Crippen LogP contribution in [0.4, 0.5) is 5.69 Å². The molecule has 0 aliphatic rings. The van der Waals surface area contributed by atoms with E-state index in [0.29, 0.717) is 23.1 Å². The van der Waals surface area contributed by atoms with Gasteiger partial charge in [0.15, 0.2) is 11.5 Å². The van der Waals surface area contributed by atoms with Gasteiger partial charge in [-0.05, 0) is 12.1 Å². The first-order chi connectivity index (χ1) is 7.18. The Bertz CT molecular complexity index is 464. The highest BCUT2D eigenvalue weighted by Crippen LogP contribution is 2.22. The van der Waals surface area contributed by atoms with E-state index in [1.807, 2.05) is 13.8 Å². The van der Waals surface area contributed by atoms with Crippen molar-refractivity contribution in [1.82, 2.24) is 15.1 Å². The van der Waals surface area contributed by atoms with Gasteiger partial charge in [0.25, 0.3) is 5.89 Å². The third-order valence-electron chi connectivity index (χ3n) is 2.00. The maximum atomic E-state index is 5.75. The summed E-state index contributed by atoms with van der Waals surface area (Å²) in [6, 6.07) is 3.51. The van der Waals surface area contributed by atoms with Crippen LogP contribution in [0.15, 0.2) is 22.9 Å². The van der Waals surface area contributed by atoms with E-state index in [9.17, 15) is 0 Å². The van der Waals surface area contributed by atoms with E-state index < -0.39 is 0 Å². The summed E-state index contributed by atoms with van der Waals surface area (Å²) in [5, 5.41) is 3.85. The number of hydrogen-bond donors (Lipinski definition) is 1. The molecule has 2 rings (SSSR count). The Morgan fingerprint density at radius 1 is 1.40 bits per heavy atom. The molecule has 0 fully saturated rings. The Morgan fingerprint density at radius 2 is 2.20 bits per heavy atom. The lowest BCUT2D eigenvalue weighted by Gasteiger charge is -1.97. The van der Waals surface area contributed by atoms with Crippen LogP contribution in [0.1, 0.15) is 25.6 Å². The molecule has 0 amide bonds. The highest BCUT2D eigenvalue weighted by Gasteiger charge is 2.14. The van der Waals surface area contributed by atoms with Crippen molar-refractivity contribution in [3.63, 3.8) is 0 Å². The summed E-state index contributed by atoms with van der Waals surface area (Å²) in [5.74, 6) is 1.26. The minimum atomic E-state index is 0.229. The summed E-state index contributed by atoms with van der Waals surface area (Å²) >= 11 is 0. The van der Waals surface area contributed by atoms with Crippen molar-refractivity contribution in [2.45, 2.75) is 19.8 Å². The molecule has 0 aromatic carbocycles. The minimum Gasteiger partial charge on any atom is -0.397 e. The monoisotopic (exact) mass is 204 g/mol. The molecule has 78 valence electrons. The molecule has 5 heteroatoms. The van der Waals surface area contributed by atoms with E-state index in [0.717, 1.165) is 0 Å². The maximum absolute atomic E-state index is 5.75. The van der Waals surface area contributed by atoms with E-state index in [4.69, 9.17) is 10.3 Å². The van der Waals surface area contributed by atoms with Gasteiger partial charge in [-0.2, -0.15) is 4.98 Å². The van der Waals surface area contributed by atoms with Crippen LogP contribution in [0.3, 0.4) is 0 Å². The van der Waals surface area contributed by atoms with E-state index >= 15 is 0 Å². The fourth-order valence-corrected chi connectivity index (χ4v) is 1.16. The summed E-state index contributed by atoms with van der Waals surface area (Å²) in [4.78, 5) is 8.32. The molecule has 15 heavy (non-hydrogen) atoms. The quantitative estimate of drug-likeness (QED) is 0.807. The fraction of sp³-hybridized carbons (Fsp3) is 0.300. The number of rotatable bonds is 2. The molecule has 0 saturated carbocycles. The standard InChI is InChI=1S/C10H12N4O/c1-6(2)9-13-10(15-14-9)8-7(11)4-3-5-12-8/h3-6H,11H2,1-2H3. The molecule has 2 heterocycles. The Hall–Kier alpha value is -1.91. The first kappa shape index (κ1) is 9.64. The van der Waals surface area contributed by atoms with Crippen LogP contribution in [0, 0.1) is 0 Å². The molecule has 0 spiro atoms. The zero-order valence-electron chi connectivity index (χ0n) is 8.64. The number of pyridine rings is 1. The summed E-state index contributed by atoms with van der Waals surface area (Å²) < 4.78 is 5.09. The second-order valence-corrected chi connectivity index (χ2v) is 3.55. The normalized spacial score (nSPS) is 10.9. The molecule has 0 unspecified atom stereocenters. The molecular formula is C10H12N4O. The highest BCUT2D eigenvalue weighted by molar-refractivity contribution is 5.65. The van der Waals surface area contributed by atoms with Crippen LogP contribution in [-0.2, 0) is 0 Å². The van der Waals surface area contributed by atoms with Gasteiger partial charge in [-0.1, -0.05) is 19.0 Å². The van der Waals surface area contributed by atoms with Gasteiger partial charge in [-0.15, -0.1) is 0 Å². The lowest BCUT2D eigenvalue weighted by molar-refractivity contribution is 0.418. The van der Waals surface area contributed by atoms with Gasteiger partial charge in [0.1, 0.15) is 0 Å². The Balaban J connectivity index is 2.42. The largest absolute Gasteiger partial charge is 0.397 e. The van der Waals surface area contributed by atoms with Crippen molar-refractivity contribution in [3.8, 4) is 11.6 Å². The fourth-order valence-electron chi connectivity index (χ4n) is 1.16. The average molecular weight is 204 g/mol. The van der Waals surface area contributed by atoms with Crippen molar-refractivity contribution >= 4 is 5.69 Å². The van der Waals surface area contributed by atoms with Crippen LogP contribution >= 0.6 is 0 Å². The number of nitrogens with two attached hydrogens (primary N) is 1. The third-order valence-corrected chi connectivity index (χ3v) is 2.00. The van der Waals surface area contributed by atoms with E-state index in [1.54, 1.807) is 18.3 Å². The molecule has 0 bridgehead atoms. The van der Waals surface area contributed by atoms with Crippen LogP contribution in [0.25, 0.3) is 11.6 Å². The summed E-state index contributed by atoms with van der Waals surface area (Å²) in [6.07, 6.45) is 1.64. The van der Waals surface area contributed by atoms with Crippen LogP contribution in [-0.4, -0.2) is 15.1 Å². The van der Waals surface area contributed by atoms with Crippen LogP contribution < -0.4 is 5.73 Å². The molecule has 2 N–H and O–H groups in total. The lowest BCUT2D eigenvalue weighted by Crippen LogP contribution is -1.93. The number of anilines is 1. The Morgan fingerprint density at radius 3 is 2.80 bits per heavy atom.